The number of nitrogens with one attached hydrogen (secondary N) is 1. The highest BCUT2D eigenvalue weighted by Crippen LogP contribution is 2.10. The number of anilines is 1. The normalized spacial score (nSPS) is 13.1. The number of hydrogen-bond donors (Lipinski definition) is 1. The van der Waals surface area contributed by atoms with E-state index in [0.717, 1.165) is 12.5 Å². The molecule has 1 heterocycles. The predicted molar refractivity (Wildman–Crippen MR) is 66.6 cm³/mol. The van der Waals surface area contributed by atoms with Crippen LogP contribution in [0.25, 0.3) is 0 Å². The van der Waals surface area contributed by atoms with E-state index in [4.69, 9.17) is 4.74 Å². The SMILES string of the molecule is COCC(C)Nc1nccn1CCC(C)C. The minimum absolute atomic E-state index is 0.283. The predicted octanol–water partition coefficient (Wildman–Crippen LogP) is 2.38. The number of methoxy groups -OCH3 is 1. The Morgan fingerprint density at radius 1 is 1.44 bits per heavy atom. The van der Waals surface area contributed by atoms with Crippen molar-refractivity contribution in [3.05, 3.63) is 12.4 Å². The Kier molecular flexibility index (Phi) is 5.32. The van der Waals surface area contributed by atoms with Crippen LogP contribution in [0.1, 0.15) is 27.2 Å². The fourth-order valence-electron chi connectivity index (χ4n) is 1.54. The molecule has 1 unspecified atom stereocenters. The maximum atomic E-state index is 5.09. The molecule has 1 rings (SSSR count). The lowest BCUT2D eigenvalue weighted by Gasteiger charge is -2.15. The molecule has 0 bridgehead atoms. The molecule has 0 saturated heterocycles. The third kappa shape index (κ3) is 4.23. The number of aromatic nitrogens is 2. The molecular weight excluding hydrogens is 202 g/mol. The number of aryl methyl sites for hydroxylation is 1. The van der Waals surface area contributed by atoms with Gasteiger partial charge in [-0.1, -0.05) is 13.8 Å². The molecule has 1 aromatic rings. The summed E-state index contributed by atoms with van der Waals surface area (Å²) in [4.78, 5) is 4.31. The zero-order valence-corrected chi connectivity index (χ0v) is 10.7. The first-order chi connectivity index (χ1) is 7.63. The van der Waals surface area contributed by atoms with Gasteiger partial charge in [0, 0.05) is 32.1 Å². The minimum Gasteiger partial charge on any atom is -0.383 e. The van der Waals surface area contributed by atoms with Crippen molar-refractivity contribution in [2.45, 2.75) is 39.8 Å². The molecule has 0 spiro atoms. The van der Waals surface area contributed by atoms with Gasteiger partial charge in [-0.05, 0) is 19.3 Å². The van der Waals surface area contributed by atoms with E-state index in [1.54, 1.807) is 7.11 Å². The maximum Gasteiger partial charge on any atom is 0.203 e. The van der Waals surface area contributed by atoms with Gasteiger partial charge >= 0.3 is 0 Å². The van der Waals surface area contributed by atoms with Gasteiger partial charge in [0.2, 0.25) is 5.95 Å². The number of nitrogens with zero attached hydrogens (tertiary/aromatic N) is 2. The summed E-state index contributed by atoms with van der Waals surface area (Å²) in [7, 11) is 1.71. The van der Waals surface area contributed by atoms with E-state index in [9.17, 15) is 0 Å². The van der Waals surface area contributed by atoms with E-state index in [2.05, 4.69) is 35.6 Å². The fourth-order valence-corrected chi connectivity index (χ4v) is 1.54. The number of hydrogen-bond acceptors (Lipinski definition) is 3. The van der Waals surface area contributed by atoms with Crippen LogP contribution in [0.4, 0.5) is 5.95 Å². The molecule has 0 aliphatic rings. The average Bonchev–Trinajstić information content (AvgIpc) is 2.62. The van der Waals surface area contributed by atoms with Crippen LogP contribution in [0.15, 0.2) is 12.4 Å². The van der Waals surface area contributed by atoms with Gasteiger partial charge in [-0.3, -0.25) is 0 Å². The third-order valence-electron chi connectivity index (χ3n) is 2.46. The first-order valence-electron chi connectivity index (χ1n) is 5.90. The van der Waals surface area contributed by atoms with Crippen molar-refractivity contribution in [2.24, 2.45) is 5.92 Å². The van der Waals surface area contributed by atoms with Gasteiger partial charge in [0.15, 0.2) is 0 Å². The van der Waals surface area contributed by atoms with Crippen LogP contribution in [0.3, 0.4) is 0 Å². The second-order valence-electron chi connectivity index (χ2n) is 4.63. The van der Waals surface area contributed by atoms with Crippen LogP contribution in [0, 0.1) is 5.92 Å². The molecule has 4 heteroatoms. The molecule has 0 saturated carbocycles. The van der Waals surface area contributed by atoms with Crippen LogP contribution in [-0.2, 0) is 11.3 Å². The minimum atomic E-state index is 0.283. The summed E-state index contributed by atoms with van der Waals surface area (Å²) in [5.41, 5.74) is 0. The summed E-state index contributed by atoms with van der Waals surface area (Å²) in [5, 5.41) is 3.34. The molecule has 0 aromatic carbocycles. The number of rotatable bonds is 7. The van der Waals surface area contributed by atoms with Crippen LogP contribution in [0.2, 0.25) is 0 Å². The molecule has 92 valence electrons. The lowest BCUT2D eigenvalue weighted by Crippen LogP contribution is -2.23. The lowest BCUT2D eigenvalue weighted by molar-refractivity contribution is 0.190. The van der Waals surface area contributed by atoms with Crippen molar-refractivity contribution in [1.82, 2.24) is 9.55 Å². The van der Waals surface area contributed by atoms with Crippen molar-refractivity contribution in [1.29, 1.82) is 0 Å². The molecule has 0 fully saturated rings. The summed E-state index contributed by atoms with van der Waals surface area (Å²) in [6.45, 7) is 8.26. The third-order valence-corrected chi connectivity index (χ3v) is 2.46. The van der Waals surface area contributed by atoms with Crippen molar-refractivity contribution in [3.8, 4) is 0 Å². The van der Waals surface area contributed by atoms with Crippen LogP contribution >= 0.6 is 0 Å². The maximum absolute atomic E-state index is 5.09. The highest BCUT2D eigenvalue weighted by molar-refractivity contribution is 5.27. The first-order valence-corrected chi connectivity index (χ1v) is 5.90. The lowest BCUT2D eigenvalue weighted by atomic mass is 10.1. The molecule has 0 amide bonds. The second-order valence-corrected chi connectivity index (χ2v) is 4.63. The topological polar surface area (TPSA) is 39.1 Å². The Bertz CT molecular complexity index is 296. The largest absolute Gasteiger partial charge is 0.383 e. The second kappa shape index (κ2) is 6.53. The van der Waals surface area contributed by atoms with Crippen molar-refractivity contribution in [3.63, 3.8) is 0 Å². The number of ether oxygens (including phenoxy) is 1. The molecule has 1 N–H and O–H groups in total. The molecule has 1 atom stereocenters. The van der Waals surface area contributed by atoms with Crippen LogP contribution in [0.5, 0.6) is 0 Å². The summed E-state index contributed by atoms with van der Waals surface area (Å²) >= 11 is 0. The monoisotopic (exact) mass is 225 g/mol. The standard InChI is InChI=1S/C12H23N3O/c1-10(2)5-7-15-8-6-13-12(15)14-11(3)9-16-4/h6,8,10-11H,5,7,9H2,1-4H3,(H,13,14). The quantitative estimate of drug-likeness (QED) is 0.774. The van der Waals surface area contributed by atoms with E-state index in [1.165, 1.54) is 6.42 Å². The van der Waals surface area contributed by atoms with Crippen LogP contribution in [-0.4, -0.2) is 29.3 Å². The molecule has 4 nitrogen and oxygen atoms in total. The Hall–Kier alpha value is -1.03. The van der Waals surface area contributed by atoms with Gasteiger partial charge in [-0.15, -0.1) is 0 Å². The average molecular weight is 225 g/mol. The van der Waals surface area contributed by atoms with E-state index in [0.29, 0.717) is 12.5 Å². The zero-order valence-electron chi connectivity index (χ0n) is 10.7. The summed E-state index contributed by atoms with van der Waals surface area (Å²) in [5.74, 6) is 1.65. The molecule has 1 aromatic heterocycles. The first kappa shape index (κ1) is 13.0. The van der Waals surface area contributed by atoms with Gasteiger partial charge in [0.05, 0.1) is 6.61 Å². The number of imidazole rings is 1. The summed E-state index contributed by atoms with van der Waals surface area (Å²) < 4.78 is 7.25. The molecule has 0 aliphatic carbocycles. The molecule has 16 heavy (non-hydrogen) atoms. The Labute approximate surface area is 98.0 Å². The van der Waals surface area contributed by atoms with Gasteiger partial charge in [-0.2, -0.15) is 0 Å². The Balaban J connectivity index is 2.49. The molecular formula is C12H23N3O. The highest BCUT2D eigenvalue weighted by Gasteiger charge is 2.07. The summed E-state index contributed by atoms with van der Waals surface area (Å²) in [6.07, 6.45) is 5.02. The Morgan fingerprint density at radius 2 is 2.19 bits per heavy atom. The highest BCUT2D eigenvalue weighted by atomic mass is 16.5. The Morgan fingerprint density at radius 3 is 2.81 bits per heavy atom. The van der Waals surface area contributed by atoms with E-state index < -0.39 is 0 Å². The van der Waals surface area contributed by atoms with Crippen LogP contribution < -0.4 is 5.32 Å². The van der Waals surface area contributed by atoms with Gasteiger partial charge in [-0.25, -0.2) is 4.98 Å². The van der Waals surface area contributed by atoms with Gasteiger partial charge in [0.1, 0.15) is 0 Å². The zero-order chi connectivity index (χ0) is 12.0. The molecule has 0 aliphatic heterocycles. The van der Waals surface area contributed by atoms with Gasteiger partial charge in [0.25, 0.3) is 0 Å². The summed E-state index contributed by atoms with van der Waals surface area (Å²) in [6, 6.07) is 0.283. The van der Waals surface area contributed by atoms with Gasteiger partial charge < -0.3 is 14.6 Å². The van der Waals surface area contributed by atoms with Crippen molar-refractivity contribution in [2.75, 3.05) is 19.0 Å². The van der Waals surface area contributed by atoms with Crippen molar-refractivity contribution >= 4 is 5.95 Å². The van der Waals surface area contributed by atoms with E-state index in [-0.39, 0.29) is 6.04 Å². The van der Waals surface area contributed by atoms with E-state index >= 15 is 0 Å². The van der Waals surface area contributed by atoms with E-state index in [1.807, 2.05) is 12.4 Å². The molecule has 0 radical (unpaired) electrons. The van der Waals surface area contributed by atoms with Crippen molar-refractivity contribution < 1.29 is 4.74 Å². The fraction of sp³-hybridized carbons (Fsp3) is 0.750. The smallest absolute Gasteiger partial charge is 0.203 e.